The molecule has 0 spiro atoms. The lowest BCUT2D eigenvalue weighted by molar-refractivity contribution is -0.385. The number of nitrogens with zero attached hydrogens (tertiary/aromatic N) is 1. The fraction of sp³-hybridized carbons (Fsp3) is 0.333. The van der Waals surface area contributed by atoms with Gasteiger partial charge in [0.15, 0.2) is 5.75 Å². The van der Waals surface area contributed by atoms with Crippen LogP contribution in [0.2, 0.25) is 0 Å². The molecular formula is C9H11ClN2O3. The van der Waals surface area contributed by atoms with Crippen LogP contribution in [0.1, 0.15) is 11.1 Å². The molecule has 0 aliphatic carbocycles. The van der Waals surface area contributed by atoms with E-state index in [1.54, 1.807) is 12.1 Å². The van der Waals surface area contributed by atoms with E-state index in [1.165, 1.54) is 7.11 Å². The second-order valence-corrected chi connectivity index (χ2v) is 3.15. The van der Waals surface area contributed by atoms with Crippen LogP contribution in [0.3, 0.4) is 0 Å². The first kappa shape index (κ1) is 11.7. The molecule has 5 nitrogen and oxygen atoms in total. The predicted octanol–water partition coefficient (Wildman–Crippen LogP) is 1.63. The zero-order valence-electron chi connectivity index (χ0n) is 8.15. The van der Waals surface area contributed by atoms with Crippen molar-refractivity contribution in [3.8, 4) is 5.75 Å². The van der Waals surface area contributed by atoms with Gasteiger partial charge in [0, 0.05) is 19.2 Å². The Bertz CT molecular complexity index is 395. The van der Waals surface area contributed by atoms with Gasteiger partial charge in [0.2, 0.25) is 0 Å². The van der Waals surface area contributed by atoms with Crippen molar-refractivity contribution in [3.05, 3.63) is 33.4 Å². The molecule has 82 valence electrons. The summed E-state index contributed by atoms with van der Waals surface area (Å²) < 4.78 is 4.96. The largest absolute Gasteiger partial charge is 0.490 e. The number of hydrogen-bond acceptors (Lipinski definition) is 4. The van der Waals surface area contributed by atoms with Gasteiger partial charge in [-0.1, -0.05) is 0 Å². The minimum Gasteiger partial charge on any atom is -0.490 e. The molecule has 0 amide bonds. The molecule has 0 radical (unpaired) electrons. The van der Waals surface area contributed by atoms with Crippen molar-refractivity contribution in [2.45, 2.75) is 13.1 Å². The average molecular weight is 231 g/mol. The van der Waals surface area contributed by atoms with Gasteiger partial charge in [0.25, 0.3) is 0 Å². The topological polar surface area (TPSA) is 64.4 Å². The molecule has 6 heteroatoms. The van der Waals surface area contributed by atoms with E-state index < -0.39 is 4.92 Å². The smallest absolute Gasteiger partial charge is 0.311 e. The van der Waals surface area contributed by atoms with Gasteiger partial charge in [0.05, 0.1) is 12.0 Å². The second kappa shape index (κ2) is 4.46. The summed E-state index contributed by atoms with van der Waals surface area (Å²) >= 11 is 0. The lowest BCUT2D eigenvalue weighted by Crippen LogP contribution is -1.99. The highest BCUT2D eigenvalue weighted by atomic mass is 35.5. The zero-order valence-corrected chi connectivity index (χ0v) is 8.97. The molecule has 2 rings (SSSR count). The van der Waals surface area contributed by atoms with Crippen LogP contribution >= 0.6 is 12.4 Å². The fourth-order valence-corrected chi connectivity index (χ4v) is 1.62. The highest BCUT2D eigenvalue weighted by molar-refractivity contribution is 5.85. The van der Waals surface area contributed by atoms with Crippen molar-refractivity contribution in [1.82, 2.24) is 5.32 Å². The molecule has 1 N–H and O–H groups in total. The number of nitrogens with one attached hydrogen (secondary N) is 1. The van der Waals surface area contributed by atoms with Crippen molar-refractivity contribution in [1.29, 1.82) is 0 Å². The number of hydrogen-bond donors (Lipinski definition) is 1. The molecular weight excluding hydrogens is 220 g/mol. The van der Waals surface area contributed by atoms with E-state index in [2.05, 4.69) is 5.32 Å². The van der Waals surface area contributed by atoms with Gasteiger partial charge in [-0.25, -0.2) is 0 Å². The Kier molecular flexibility index (Phi) is 3.49. The number of nitro groups is 1. The van der Waals surface area contributed by atoms with Crippen LogP contribution < -0.4 is 10.1 Å². The first-order valence-corrected chi connectivity index (χ1v) is 4.27. The Morgan fingerprint density at radius 2 is 2.00 bits per heavy atom. The van der Waals surface area contributed by atoms with E-state index in [1.807, 2.05) is 0 Å². The Morgan fingerprint density at radius 1 is 1.40 bits per heavy atom. The number of ether oxygens (including phenoxy) is 1. The molecule has 1 aromatic carbocycles. The van der Waals surface area contributed by atoms with Crippen molar-refractivity contribution in [3.63, 3.8) is 0 Å². The summed E-state index contributed by atoms with van der Waals surface area (Å²) in [4.78, 5) is 10.3. The normalized spacial score (nSPS) is 12.9. The molecule has 0 saturated heterocycles. The third-order valence-corrected chi connectivity index (χ3v) is 2.33. The Balaban J connectivity index is 0.00000112. The van der Waals surface area contributed by atoms with Gasteiger partial charge < -0.3 is 10.1 Å². The highest BCUT2D eigenvalue weighted by Crippen LogP contribution is 2.32. The van der Waals surface area contributed by atoms with E-state index in [9.17, 15) is 10.1 Å². The molecule has 0 bridgehead atoms. The predicted molar refractivity (Wildman–Crippen MR) is 57.4 cm³/mol. The molecule has 0 atom stereocenters. The minimum atomic E-state index is -0.419. The Hall–Kier alpha value is -1.33. The minimum absolute atomic E-state index is 0. The number of benzene rings is 1. The van der Waals surface area contributed by atoms with Crippen LogP contribution in [0.15, 0.2) is 12.1 Å². The number of methoxy groups -OCH3 is 1. The third-order valence-electron chi connectivity index (χ3n) is 2.33. The second-order valence-electron chi connectivity index (χ2n) is 3.15. The van der Waals surface area contributed by atoms with Gasteiger partial charge in [0.1, 0.15) is 0 Å². The molecule has 1 aliphatic rings. The summed E-state index contributed by atoms with van der Waals surface area (Å²) in [5.74, 6) is 0.331. The summed E-state index contributed by atoms with van der Waals surface area (Å²) in [6.45, 7) is 1.45. The molecule has 0 saturated carbocycles. The molecule has 1 heterocycles. The van der Waals surface area contributed by atoms with Crippen LogP contribution in [0, 0.1) is 10.1 Å². The van der Waals surface area contributed by atoms with E-state index in [0.717, 1.165) is 17.7 Å². The summed E-state index contributed by atoms with van der Waals surface area (Å²) in [5.41, 5.74) is 2.10. The first-order valence-electron chi connectivity index (χ1n) is 4.27. The van der Waals surface area contributed by atoms with E-state index in [0.29, 0.717) is 12.3 Å². The van der Waals surface area contributed by atoms with E-state index >= 15 is 0 Å². The quantitative estimate of drug-likeness (QED) is 0.620. The van der Waals surface area contributed by atoms with E-state index in [-0.39, 0.29) is 18.1 Å². The molecule has 1 aliphatic heterocycles. The maximum Gasteiger partial charge on any atom is 0.311 e. The number of halogens is 1. The van der Waals surface area contributed by atoms with Crippen molar-refractivity contribution < 1.29 is 9.66 Å². The number of nitro benzene ring substituents is 1. The highest BCUT2D eigenvalue weighted by Gasteiger charge is 2.20. The fourth-order valence-electron chi connectivity index (χ4n) is 1.62. The molecule has 1 aromatic rings. The van der Waals surface area contributed by atoms with Crippen LogP contribution in [-0.2, 0) is 13.1 Å². The number of rotatable bonds is 2. The third kappa shape index (κ3) is 2.03. The van der Waals surface area contributed by atoms with Crippen LogP contribution in [0.25, 0.3) is 0 Å². The van der Waals surface area contributed by atoms with Crippen molar-refractivity contribution in [2.75, 3.05) is 7.11 Å². The standard InChI is InChI=1S/C9H10N2O3.ClH/c1-14-9-3-7-5-10-4-6(7)2-8(9)11(12)13;/h2-3,10H,4-5H2,1H3;1H. The Morgan fingerprint density at radius 3 is 2.53 bits per heavy atom. The lowest BCUT2D eigenvalue weighted by atomic mass is 10.1. The van der Waals surface area contributed by atoms with Gasteiger partial charge >= 0.3 is 5.69 Å². The summed E-state index contributed by atoms with van der Waals surface area (Å²) in [6.07, 6.45) is 0. The van der Waals surface area contributed by atoms with Crippen molar-refractivity contribution in [2.24, 2.45) is 0 Å². The maximum atomic E-state index is 10.7. The SMILES string of the molecule is COc1cc2c(cc1[N+](=O)[O-])CNC2.Cl. The molecule has 0 unspecified atom stereocenters. The number of fused-ring (bicyclic) bond motifs is 1. The molecule has 0 aromatic heterocycles. The van der Waals surface area contributed by atoms with Crippen molar-refractivity contribution >= 4 is 18.1 Å². The van der Waals surface area contributed by atoms with Crippen LogP contribution in [-0.4, -0.2) is 12.0 Å². The molecule has 0 fully saturated rings. The maximum absolute atomic E-state index is 10.7. The van der Waals surface area contributed by atoms with Gasteiger partial charge in [-0.15, -0.1) is 12.4 Å². The van der Waals surface area contributed by atoms with Gasteiger partial charge in [-0.2, -0.15) is 0 Å². The molecule has 15 heavy (non-hydrogen) atoms. The summed E-state index contributed by atoms with van der Waals surface area (Å²) in [6, 6.07) is 3.31. The van der Waals surface area contributed by atoms with Gasteiger partial charge in [-0.05, 0) is 17.2 Å². The average Bonchev–Trinajstić information content (AvgIpc) is 2.62. The monoisotopic (exact) mass is 230 g/mol. The summed E-state index contributed by atoms with van der Waals surface area (Å²) in [7, 11) is 1.44. The van der Waals surface area contributed by atoms with Gasteiger partial charge in [-0.3, -0.25) is 10.1 Å². The van der Waals surface area contributed by atoms with E-state index in [4.69, 9.17) is 4.74 Å². The van der Waals surface area contributed by atoms with Crippen LogP contribution in [0.4, 0.5) is 5.69 Å². The lowest BCUT2D eigenvalue weighted by Gasteiger charge is -2.04. The summed E-state index contributed by atoms with van der Waals surface area (Å²) in [5, 5.41) is 13.8. The first-order chi connectivity index (χ1) is 6.72. The zero-order chi connectivity index (χ0) is 10.1. The Labute approximate surface area is 93.0 Å². The van der Waals surface area contributed by atoms with Crippen LogP contribution in [0.5, 0.6) is 5.75 Å².